The lowest BCUT2D eigenvalue weighted by Crippen LogP contribution is -2.56. The number of rotatable bonds is 5. The van der Waals surface area contributed by atoms with Crippen LogP contribution in [0.3, 0.4) is 0 Å². The SMILES string of the molecule is CC(=O)C=CC(=O)C(C)=CC=CC(C)=C1C(=O)C[C@@H]2[C@@]3(C)CCC(=O)C(C)(C)[C@@H]3CC[C@]12C. The molecule has 33 heavy (non-hydrogen) atoms. The van der Waals surface area contributed by atoms with Gasteiger partial charge in [0.25, 0.3) is 0 Å². The van der Waals surface area contributed by atoms with Crippen LogP contribution in [0.25, 0.3) is 0 Å². The molecule has 3 aliphatic rings. The molecule has 4 atom stereocenters. The number of allylic oxidation sites excluding steroid dienone is 8. The summed E-state index contributed by atoms with van der Waals surface area (Å²) in [5.74, 6) is 0.781. The van der Waals surface area contributed by atoms with Crippen molar-refractivity contribution in [1.29, 1.82) is 0 Å². The molecule has 0 aromatic carbocycles. The van der Waals surface area contributed by atoms with Crippen LogP contribution in [0.5, 0.6) is 0 Å². The summed E-state index contributed by atoms with van der Waals surface area (Å²) in [6.45, 7) is 13.9. The van der Waals surface area contributed by atoms with E-state index >= 15 is 0 Å². The van der Waals surface area contributed by atoms with E-state index in [9.17, 15) is 19.2 Å². The molecule has 0 radical (unpaired) electrons. The maximum absolute atomic E-state index is 13.3. The first kappa shape index (κ1) is 25.3. The van der Waals surface area contributed by atoms with Gasteiger partial charge in [-0.25, -0.2) is 0 Å². The Kier molecular flexibility index (Phi) is 6.72. The highest BCUT2D eigenvalue weighted by atomic mass is 16.1. The molecule has 4 heteroatoms. The molecule has 0 aliphatic heterocycles. The maximum atomic E-state index is 13.3. The highest BCUT2D eigenvalue weighted by Crippen LogP contribution is 2.68. The third kappa shape index (κ3) is 4.29. The van der Waals surface area contributed by atoms with E-state index < -0.39 is 0 Å². The number of carbonyl (C=O) groups is 4. The topological polar surface area (TPSA) is 68.3 Å². The molecule has 4 nitrogen and oxygen atoms in total. The number of Topliss-reactive ketones (excluding diaryl/α,β-unsaturated/α-hetero) is 2. The number of hydrogen-bond acceptors (Lipinski definition) is 4. The third-order valence-electron chi connectivity index (χ3n) is 8.98. The van der Waals surface area contributed by atoms with Gasteiger partial charge in [0, 0.05) is 29.2 Å². The third-order valence-corrected chi connectivity index (χ3v) is 8.98. The number of ketones is 4. The Morgan fingerprint density at radius 2 is 1.58 bits per heavy atom. The van der Waals surface area contributed by atoms with E-state index in [0.29, 0.717) is 30.1 Å². The molecule has 3 rings (SSSR count). The molecule has 3 aliphatic carbocycles. The maximum Gasteiger partial charge on any atom is 0.181 e. The van der Waals surface area contributed by atoms with Crippen LogP contribution >= 0.6 is 0 Å². The van der Waals surface area contributed by atoms with Crippen LogP contribution in [0.15, 0.2) is 47.1 Å². The van der Waals surface area contributed by atoms with Gasteiger partial charge in [0.15, 0.2) is 17.3 Å². The largest absolute Gasteiger partial charge is 0.299 e. The second-order valence-electron chi connectivity index (χ2n) is 11.4. The first-order valence-corrected chi connectivity index (χ1v) is 12.1. The molecule has 3 saturated carbocycles. The molecular formula is C29H38O4. The summed E-state index contributed by atoms with van der Waals surface area (Å²) in [7, 11) is 0. The van der Waals surface area contributed by atoms with E-state index in [4.69, 9.17) is 0 Å². The van der Waals surface area contributed by atoms with Gasteiger partial charge in [-0.1, -0.05) is 45.9 Å². The van der Waals surface area contributed by atoms with Gasteiger partial charge < -0.3 is 0 Å². The van der Waals surface area contributed by atoms with Gasteiger partial charge in [0.05, 0.1) is 0 Å². The lowest BCUT2D eigenvalue weighted by molar-refractivity contribution is -0.154. The van der Waals surface area contributed by atoms with E-state index in [1.165, 1.54) is 19.1 Å². The lowest BCUT2D eigenvalue weighted by Gasteiger charge is -2.60. The molecule has 0 amide bonds. The van der Waals surface area contributed by atoms with Gasteiger partial charge in [-0.05, 0) is 80.6 Å². The van der Waals surface area contributed by atoms with Gasteiger partial charge in [0.1, 0.15) is 5.78 Å². The lowest BCUT2D eigenvalue weighted by atomic mass is 9.43. The summed E-state index contributed by atoms with van der Waals surface area (Å²) < 4.78 is 0. The van der Waals surface area contributed by atoms with Crippen molar-refractivity contribution >= 4 is 23.1 Å². The predicted molar refractivity (Wildman–Crippen MR) is 130 cm³/mol. The Labute approximate surface area is 198 Å². The summed E-state index contributed by atoms with van der Waals surface area (Å²) in [5, 5.41) is 0. The van der Waals surface area contributed by atoms with Crippen LogP contribution in [0.4, 0.5) is 0 Å². The molecule has 0 aromatic rings. The van der Waals surface area contributed by atoms with Crippen molar-refractivity contribution in [2.75, 3.05) is 0 Å². The van der Waals surface area contributed by atoms with Crippen LogP contribution in [-0.4, -0.2) is 23.1 Å². The first-order valence-electron chi connectivity index (χ1n) is 12.1. The molecule has 0 saturated heterocycles. The van der Waals surface area contributed by atoms with E-state index in [1.54, 1.807) is 13.0 Å². The van der Waals surface area contributed by atoms with Crippen LogP contribution in [-0.2, 0) is 19.2 Å². The predicted octanol–water partition coefficient (Wildman–Crippen LogP) is 5.92. The minimum atomic E-state index is -0.329. The van der Waals surface area contributed by atoms with Crippen LogP contribution in [0.2, 0.25) is 0 Å². The molecule has 0 unspecified atom stereocenters. The quantitative estimate of drug-likeness (QED) is 0.385. The van der Waals surface area contributed by atoms with Crippen molar-refractivity contribution in [2.45, 2.75) is 80.6 Å². The minimum absolute atomic E-state index is 0.0161. The minimum Gasteiger partial charge on any atom is -0.299 e. The highest BCUT2D eigenvalue weighted by Gasteiger charge is 2.64. The zero-order valence-electron chi connectivity index (χ0n) is 21.2. The van der Waals surface area contributed by atoms with Gasteiger partial charge in [0.2, 0.25) is 0 Å². The van der Waals surface area contributed by atoms with Gasteiger partial charge in [-0.3, -0.25) is 19.2 Å². The monoisotopic (exact) mass is 450 g/mol. The van der Waals surface area contributed by atoms with Gasteiger partial charge in [-0.2, -0.15) is 0 Å². The number of carbonyl (C=O) groups excluding carboxylic acids is 4. The van der Waals surface area contributed by atoms with E-state index in [2.05, 4.69) is 27.7 Å². The Morgan fingerprint density at radius 3 is 2.21 bits per heavy atom. The standard InChI is InChI=1S/C29H38O4/c1-18(21(31)12-11-20(3)30)9-8-10-19(2)26-22(32)17-24-28(6)16-14-25(33)27(4,5)23(28)13-15-29(24,26)7/h8-12,23-24H,13-17H2,1-7H3/t23-,24+,28-,29-/m0/s1. The fourth-order valence-electron chi connectivity index (χ4n) is 7.21. The zero-order valence-corrected chi connectivity index (χ0v) is 21.2. The molecule has 0 heterocycles. The zero-order chi connectivity index (χ0) is 24.8. The van der Waals surface area contributed by atoms with Gasteiger partial charge >= 0.3 is 0 Å². The smallest absolute Gasteiger partial charge is 0.181 e. The summed E-state index contributed by atoms with van der Waals surface area (Å²) in [6.07, 6.45) is 11.9. The van der Waals surface area contributed by atoms with Crippen molar-refractivity contribution < 1.29 is 19.2 Å². The second kappa shape index (κ2) is 8.77. The fourth-order valence-corrected chi connectivity index (χ4v) is 7.21. The number of hydrogen-bond donors (Lipinski definition) is 0. The van der Waals surface area contributed by atoms with E-state index in [0.717, 1.165) is 30.4 Å². The summed E-state index contributed by atoms with van der Waals surface area (Å²) >= 11 is 0. The molecule has 0 aromatic heterocycles. The van der Waals surface area contributed by atoms with Crippen LogP contribution in [0.1, 0.15) is 80.6 Å². The molecule has 0 bridgehead atoms. The first-order chi connectivity index (χ1) is 15.2. The van der Waals surface area contributed by atoms with Gasteiger partial charge in [-0.15, -0.1) is 0 Å². The Bertz CT molecular complexity index is 1020. The average molecular weight is 451 g/mol. The average Bonchev–Trinajstić information content (AvgIpc) is 3.00. The highest BCUT2D eigenvalue weighted by molar-refractivity contribution is 6.07. The summed E-state index contributed by atoms with van der Waals surface area (Å²) in [4.78, 5) is 49.1. The van der Waals surface area contributed by atoms with E-state index in [-0.39, 0.29) is 39.5 Å². The van der Waals surface area contributed by atoms with Crippen molar-refractivity contribution in [3.63, 3.8) is 0 Å². The molecular weight excluding hydrogens is 412 g/mol. The molecule has 3 fully saturated rings. The van der Waals surface area contributed by atoms with Crippen LogP contribution < -0.4 is 0 Å². The number of fused-ring (bicyclic) bond motifs is 3. The van der Waals surface area contributed by atoms with Crippen molar-refractivity contribution in [3.05, 3.63) is 47.1 Å². The fraction of sp³-hybridized carbons (Fsp3) is 0.586. The molecule has 178 valence electrons. The second-order valence-corrected chi connectivity index (χ2v) is 11.4. The Balaban J connectivity index is 1.90. The van der Waals surface area contributed by atoms with Crippen LogP contribution in [0, 0.1) is 28.1 Å². The molecule has 0 N–H and O–H groups in total. The Hall–Kier alpha value is -2.36. The van der Waals surface area contributed by atoms with Crippen molar-refractivity contribution in [1.82, 2.24) is 0 Å². The van der Waals surface area contributed by atoms with E-state index in [1.807, 2.05) is 19.1 Å². The molecule has 0 spiro atoms. The summed E-state index contributed by atoms with van der Waals surface area (Å²) in [5.41, 5.74) is 1.88. The Morgan fingerprint density at radius 1 is 0.909 bits per heavy atom. The van der Waals surface area contributed by atoms with Crippen molar-refractivity contribution in [2.24, 2.45) is 28.1 Å². The summed E-state index contributed by atoms with van der Waals surface area (Å²) in [6, 6.07) is 0. The van der Waals surface area contributed by atoms with Crippen molar-refractivity contribution in [3.8, 4) is 0 Å². The normalized spacial score (nSPS) is 35.7.